The SMILES string of the molecule is CCOCCOC(=O)C1C(C)=NC2=C(C(=O)CC(C)(C)C2)[C@H]1c1cccc(Cl)c1Cl. The molecule has 0 bridgehead atoms. The van der Waals surface area contributed by atoms with E-state index in [-0.39, 0.29) is 17.8 Å². The maximum atomic E-state index is 13.2. The molecule has 0 fully saturated rings. The van der Waals surface area contributed by atoms with Crippen LogP contribution in [0, 0.1) is 11.3 Å². The molecule has 5 nitrogen and oxygen atoms in total. The Bertz CT molecular complexity index is 920. The number of Topliss-reactive ketones (excluding diaryl/α,β-unsaturated/α-hetero) is 1. The molecule has 1 aliphatic heterocycles. The summed E-state index contributed by atoms with van der Waals surface area (Å²) >= 11 is 12.8. The van der Waals surface area contributed by atoms with E-state index >= 15 is 0 Å². The van der Waals surface area contributed by atoms with Crippen LogP contribution >= 0.6 is 23.2 Å². The highest BCUT2D eigenvalue weighted by Crippen LogP contribution is 2.49. The van der Waals surface area contributed by atoms with Gasteiger partial charge in [0.2, 0.25) is 0 Å². The number of hydrogen-bond acceptors (Lipinski definition) is 5. The van der Waals surface area contributed by atoms with Crippen LogP contribution < -0.4 is 0 Å². The number of carbonyl (C=O) groups excluding carboxylic acids is 2. The maximum Gasteiger partial charge on any atom is 0.315 e. The number of benzene rings is 1. The van der Waals surface area contributed by atoms with Crippen molar-refractivity contribution in [2.75, 3.05) is 19.8 Å². The van der Waals surface area contributed by atoms with Gasteiger partial charge in [0, 0.05) is 35.9 Å². The van der Waals surface area contributed by atoms with Gasteiger partial charge < -0.3 is 9.47 Å². The molecule has 1 aromatic rings. The minimum atomic E-state index is -0.744. The molecular formula is C23H27Cl2NO4. The number of halogens is 2. The van der Waals surface area contributed by atoms with Crippen molar-refractivity contribution in [2.45, 2.75) is 46.5 Å². The van der Waals surface area contributed by atoms with Gasteiger partial charge in [-0.25, -0.2) is 0 Å². The third-order valence-corrected chi connectivity index (χ3v) is 6.38. The molecule has 0 amide bonds. The third kappa shape index (κ3) is 4.63. The van der Waals surface area contributed by atoms with Gasteiger partial charge in [0.25, 0.3) is 0 Å². The molecule has 162 valence electrons. The molecule has 2 aliphatic rings. The van der Waals surface area contributed by atoms with E-state index in [2.05, 4.69) is 13.8 Å². The van der Waals surface area contributed by atoms with Crippen molar-refractivity contribution < 1.29 is 19.1 Å². The van der Waals surface area contributed by atoms with Crippen LogP contribution in [0.3, 0.4) is 0 Å². The topological polar surface area (TPSA) is 65.0 Å². The highest BCUT2D eigenvalue weighted by molar-refractivity contribution is 6.42. The van der Waals surface area contributed by atoms with Crippen LogP contribution in [0.2, 0.25) is 10.0 Å². The molecule has 0 saturated heterocycles. The highest BCUT2D eigenvalue weighted by Gasteiger charge is 2.46. The maximum absolute atomic E-state index is 13.2. The summed E-state index contributed by atoms with van der Waals surface area (Å²) in [6.45, 7) is 8.78. The molecule has 30 heavy (non-hydrogen) atoms. The number of hydrogen-bond donors (Lipinski definition) is 0. The second-order valence-electron chi connectivity index (χ2n) is 8.52. The lowest BCUT2D eigenvalue weighted by molar-refractivity contribution is -0.148. The summed E-state index contributed by atoms with van der Waals surface area (Å²) in [5.41, 5.74) is 2.35. The quantitative estimate of drug-likeness (QED) is 0.429. The summed E-state index contributed by atoms with van der Waals surface area (Å²) in [5.74, 6) is -1.77. The Morgan fingerprint density at radius 2 is 1.97 bits per heavy atom. The van der Waals surface area contributed by atoms with Crippen molar-refractivity contribution in [3.63, 3.8) is 0 Å². The van der Waals surface area contributed by atoms with Gasteiger partial charge >= 0.3 is 5.97 Å². The second kappa shape index (κ2) is 9.21. The van der Waals surface area contributed by atoms with Gasteiger partial charge in [-0.05, 0) is 37.3 Å². The van der Waals surface area contributed by atoms with Crippen molar-refractivity contribution in [1.29, 1.82) is 0 Å². The van der Waals surface area contributed by atoms with Crippen molar-refractivity contribution in [3.8, 4) is 0 Å². The molecule has 1 unspecified atom stereocenters. The summed E-state index contributed by atoms with van der Waals surface area (Å²) in [6.07, 6.45) is 1.05. The molecule has 7 heteroatoms. The van der Waals surface area contributed by atoms with E-state index in [4.69, 9.17) is 37.7 Å². The zero-order chi connectivity index (χ0) is 22.1. The summed E-state index contributed by atoms with van der Waals surface area (Å²) in [4.78, 5) is 31.0. The number of carbonyl (C=O) groups is 2. The van der Waals surface area contributed by atoms with Gasteiger partial charge in [0.15, 0.2) is 5.78 Å². The summed E-state index contributed by atoms with van der Waals surface area (Å²) < 4.78 is 10.7. The third-order valence-electron chi connectivity index (χ3n) is 5.55. The normalized spacial score (nSPS) is 23.1. The van der Waals surface area contributed by atoms with Gasteiger partial charge in [-0.15, -0.1) is 0 Å². The number of ether oxygens (including phenoxy) is 2. The number of nitrogens with zero attached hydrogens (tertiary/aromatic N) is 1. The fraction of sp³-hybridized carbons (Fsp3) is 0.522. The molecular weight excluding hydrogens is 425 g/mol. The first-order chi connectivity index (χ1) is 14.2. The van der Waals surface area contributed by atoms with Gasteiger partial charge in [-0.1, -0.05) is 49.2 Å². The largest absolute Gasteiger partial charge is 0.463 e. The molecule has 2 atom stereocenters. The molecule has 0 spiro atoms. The summed E-state index contributed by atoms with van der Waals surface area (Å²) in [6, 6.07) is 5.28. The minimum absolute atomic E-state index is 0.00865. The first kappa shape index (κ1) is 23.0. The van der Waals surface area contributed by atoms with Crippen LogP contribution in [0.15, 0.2) is 34.5 Å². The number of ketones is 1. The molecule has 0 aromatic heterocycles. The molecule has 0 saturated carbocycles. The zero-order valence-electron chi connectivity index (χ0n) is 17.8. The van der Waals surface area contributed by atoms with E-state index in [1.165, 1.54) is 0 Å². The minimum Gasteiger partial charge on any atom is -0.463 e. The fourth-order valence-corrected chi connectivity index (χ4v) is 4.71. The van der Waals surface area contributed by atoms with Crippen LogP contribution in [-0.4, -0.2) is 37.3 Å². The predicted molar refractivity (Wildman–Crippen MR) is 118 cm³/mol. The Morgan fingerprint density at radius 3 is 2.67 bits per heavy atom. The number of aliphatic imine (C=N–C) groups is 1. The Balaban J connectivity index is 2.07. The average Bonchev–Trinajstić information content (AvgIpc) is 2.65. The molecule has 0 radical (unpaired) electrons. The molecule has 1 aromatic carbocycles. The van der Waals surface area contributed by atoms with Crippen LogP contribution in [0.25, 0.3) is 0 Å². The lowest BCUT2D eigenvalue weighted by atomic mass is 9.67. The van der Waals surface area contributed by atoms with E-state index in [0.717, 1.165) is 5.70 Å². The van der Waals surface area contributed by atoms with Gasteiger partial charge in [-0.2, -0.15) is 0 Å². The Morgan fingerprint density at radius 1 is 1.23 bits per heavy atom. The van der Waals surface area contributed by atoms with Crippen LogP contribution in [0.4, 0.5) is 0 Å². The van der Waals surface area contributed by atoms with Crippen molar-refractivity contribution in [1.82, 2.24) is 0 Å². The van der Waals surface area contributed by atoms with E-state index in [1.54, 1.807) is 19.1 Å². The molecule has 1 heterocycles. The van der Waals surface area contributed by atoms with Crippen LogP contribution in [0.1, 0.15) is 52.0 Å². The van der Waals surface area contributed by atoms with Gasteiger partial charge in [-0.3, -0.25) is 14.6 Å². The van der Waals surface area contributed by atoms with Crippen LogP contribution in [0.5, 0.6) is 0 Å². The Kier molecular flexibility index (Phi) is 7.05. The van der Waals surface area contributed by atoms with E-state index in [1.807, 2.05) is 13.0 Å². The lowest BCUT2D eigenvalue weighted by Gasteiger charge is -2.39. The Hall–Kier alpha value is -1.69. The zero-order valence-corrected chi connectivity index (χ0v) is 19.3. The highest BCUT2D eigenvalue weighted by atomic mass is 35.5. The lowest BCUT2D eigenvalue weighted by Crippen LogP contribution is -2.40. The molecule has 0 N–H and O–H groups in total. The second-order valence-corrected chi connectivity index (χ2v) is 9.30. The standard InChI is InChI=1S/C23H27Cl2NO4/c1-5-29-9-10-30-22(28)18-13(2)26-16-11-23(3,4)12-17(27)20(16)19(18)14-7-6-8-15(24)21(14)25/h6-8,18-19H,5,9-12H2,1-4H3/t18?,19-/m0/s1. The van der Waals surface area contributed by atoms with Crippen molar-refractivity contribution >= 4 is 40.7 Å². The first-order valence-electron chi connectivity index (χ1n) is 10.2. The van der Waals surface area contributed by atoms with Crippen LogP contribution in [-0.2, 0) is 19.1 Å². The number of allylic oxidation sites excluding steroid dienone is 2. The fourth-order valence-electron chi connectivity index (χ4n) is 4.28. The smallest absolute Gasteiger partial charge is 0.315 e. The molecule has 1 aliphatic carbocycles. The van der Waals surface area contributed by atoms with E-state index in [9.17, 15) is 9.59 Å². The number of rotatable bonds is 6. The van der Waals surface area contributed by atoms with E-state index < -0.39 is 17.8 Å². The van der Waals surface area contributed by atoms with Gasteiger partial charge in [0.1, 0.15) is 12.5 Å². The van der Waals surface area contributed by atoms with Gasteiger partial charge in [0.05, 0.1) is 16.7 Å². The number of esters is 1. The average molecular weight is 452 g/mol. The first-order valence-corrected chi connectivity index (χ1v) is 10.9. The summed E-state index contributed by atoms with van der Waals surface area (Å²) in [5, 5.41) is 0.721. The van der Waals surface area contributed by atoms with Crippen molar-refractivity contribution in [3.05, 3.63) is 45.1 Å². The summed E-state index contributed by atoms with van der Waals surface area (Å²) in [7, 11) is 0. The predicted octanol–water partition coefficient (Wildman–Crippen LogP) is 5.39. The monoisotopic (exact) mass is 451 g/mol. The van der Waals surface area contributed by atoms with E-state index in [0.29, 0.717) is 52.9 Å². The van der Waals surface area contributed by atoms with Crippen molar-refractivity contribution in [2.24, 2.45) is 16.3 Å². The Labute approximate surface area is 187 Å². The molecule has 3 rings (SSSR count).